The minimum Gasteiger partial charge on any atom is -0.415 e. The average molecular weight is 949 g/mol. The lowest BCUT2D eigenvalue weighted by Gasteiger charge is -2.52. The Balaban J connectivity index is 4.39. The van der Waals surface area contributed by atoms with Crippen molar-refractivity contribution < 1.29 is 49.7 Å². The minimum atomic E-state index is -2.31. The van der Waals surface area contributed by atoms with Gasteiger partial charge in [0, 0.05) is 0 Å². The molecule has 20 heteroatoms. The third-order valence-corrected chi connectivity index (χ3v) is 15.5. The fourth-order valence-corrected chi connectivity index (χ4v) is 13.8. The summed E-state index contributed by atoms with van der Waals surface area (Å²) in [5.41, 5.74) is 0. The van der Waals surface area contributed by atoms with E-state index in [0.29, 0.717) is 13.2 Å². The van der Waals surface area contributed by atoms with Crippen molar-refractivity contribution in [3.8, 4) is 0 Å². The first-order valence-electron chi connectivity index (χ1n) is 20.9. The Labute approximate surface area is 358 Å². The molecule has 0 aromatic carbocycles. The van der Waals surface area contributed by atoms with Gasteiger partial charge >= 0.3 is 0 Å². The molecule has 1 heterocycles. The van der Waals surface area contributed by atoms with E-state index in [1.807, 2.05) is 0 Å². The predicted molar refractivity (Wildman–Crippen MR) is 257 cm³/mol. The number of hydrogen-bond donors (Lipinski definition) is 0. The lowest BCUT2D eigenvalue weighted by atomic mass is 9.98. The second-order valence-corrected chi connectivity index (χ2v) is 59.0. The van der Waals surface area contributed by atoms with Gasteiger partial charge in [0.05, 0.1) is 25.5 Å². The number of hydrogen-bond acceptors (Lipinski definition) is 12. The maximum absolute atomic E-state index is 7.58. The van der Waals surface area contributed by atoms with Gasteiger partial charge in [0.15, 0.2) is 72.8 Å². The van der Waals surface area contributed by atoms with Crippen LogP contribution in [0.2, 0.25) is 157 Å². The summed E-state index contributed by atoms with van der Waals surface area (Å²) in [6.07, 6.45) is -3.83. The zero-order valence-corrected chi connectivity index (χ0v) is 49.1. The molecule has 1 saturated heterocycles. The first kappa shape index (κ1) is 55.8. The van der Waals surface area contributed by atoms with Crippen molar-refractivity contribution in [2.45, 2.75) is 212 Å². The molecule has 1 rings (SSSR count). The van der Waals surface area contributed by atoms with Gasteiger partial charge in [0.2, 0.25) is 0 Å². The van der Waals surface area contributed by atoms with Crippen molar-refractivity contribution in [2.75, 3.05) is 20.3 Å². The summed E-state index contributed by atoms with van der Waals surface area (Å²) >= 11 is 0. The molecule has 0 spiro atoms. The molecule has 0 unspecified atom stereocenters. The molecule has 0 radical (unpaired) electrons. The molecule has 57 heavy (non-hydrogen) atoms. The quantitative estimate of drug-likeness (QED) is 0.0495. The molecule has 0 saturated carbocycles. The summed E-state index contributed by atoms with van der Waals surface area (Å²) < 4.78 is 71.0. The number of rotatable bonds is 25. The van der Waals surface area contributed by atoms with Gasteiger partial charge < -0.3 is 49.7 Å². The molecule has 0 aromatic rings. The van der Waals surface area contributed by atoms with Crippen molar-refractivity contribution in [3.63, 3.8) is 0 Å². The lowest BCUT2D eigenvalue weighted by Crippen LogP contribution is -2.68. The van der Waals surface area contributed by atoms with Crippen LogP contribution in [0.5, 0.6) is 0 Å². The average Bonchev–Trinajstić information content (AvgIpc) is 2.92. The van der Waals surface area contributed by atoms with E-state index in [1.54, 1.807) is 6.21 Å². The summed E-state index contributed by atoms with van der Waals surface area (Å²) in [6.45, 7) is 53.2. The highest BCUT2D eigenvalue weighted by Gasteiger charge is 2.55. The number of nitrogens with zero attached hydrogens (tertiary/aromatic N) is 1. The molecule has 12 nitrogen and oxygen atoms in total. The molecular formula is C37H89NO11Si8. The third kappa shape index (κ3) is 24.9. The van der Waals surface area contributed by atoms with Gasteiger partial charge in [-0.3, -0.25) is 0 Å². The van der Waals surface area contributed by atoms with Gasteiger partial charge in [-0.15, -0.1) is 0 Å². The summed E-state index contributed by atoms with van der Waals surface area (Å²) in [6, 6.07) is 0. The van der Waals surface area contributed by atoms with Crippen LogP contribution in [0.4, 0.5) is 0 Å². The normalized spacial score (nSPS) is 24.8. The molecule has 0 aliphatic carbocycles. The molecule has 1 fully saturated rings. The maximum atomic E-state index is 7.58. The third-order valence-electron chi connectivity index (χ3n) is 7.52. The van der Waals surface area contributed by atoms with Crippen LogP contribution in [0.3, 0.4) is 0 Å². The van der Waals surface area contributed by atoms with Crippen LogP contribution in [0.25, 0.3) is 0 Å². The second kappa shape index (κ2) is 21.5. The van der Waals surface area contributed by atoms with Crippen molar-refractivity contribution in [2.24, 2.45) is 5.16 Å². The van der Waals surface area contributed by atoms with E-state index in [9.17, 15) is 0 Å². The molecule has 0 aromatic heterocycles. The van der Waals surface area contributed by atoms with E-state index in [-0.39, 0.29) is 0 Å². The smallest absolute Gasteiger partial charge is 0.186 e. The molecule has 0 N–H and O–H groups in total. The van der Waals surface area contributed by atoms with Crippen molar-refractivity contribution >= 4 is 72.8 Å². The van der Waals surface area contributed by atoms with E-state index in [4.69, 9.17) is 49.7 Å². The maximum Gasteiger partial charge on any atom is 0.186 e. The van der Waals surface area contributed by atoms with E-state index < -0.39 is 122 Å². The Morgan fingerprint density at radius 2 is 0.930 bits per heavy atom. The molecule has 0 bridgehead atoms. The predicted octanol–water partition coefficient (Wildman–Crippen LogP) is 9.75. The highest BCUT2D eigenvalue weighted by atomic mass is 28.4. The Hall–Kier alpha value is 0.805. The van der Waals surface area contributed by atoms with E-state index in [1.165, 1.54) is 7.11 Å². The number of ether oxygens (including phenoxy) is 2. The summed E-state index contributed by atoms with van der Waals surface area (Å²) in [4.78, 5) is 5.28. The van der Waals surface area contributed by atoms with Gasteiger partial charge in [-0.05, 0) is 157 Å². The Morgan fingerprint density at radius 3 is 1.33 bits per heavy atom. The second-order valence-electron chi connectivity index (χ2n) is 23.2. The largest absolute Gasteiger partial charge is 0.415 e. The van der Waals surface area contributed by atoms with Gasteiger partial charge in [-0.25, -0.2) is 0 Å². The number of oxime groups is 1. The van der Waals surface area contributed by atoms with Crippen molar-refractivity contribution in [3.05, 3.63) is 0 Å². The minimum absolute atomic E-state index is 0.307. The van der Waals surface area contributed by atoms with Gasteiger partial charge in [-0.2, -0.15) is 0 Å². The first-order valence-corrected chi connectivity index (χ1v) is 48.2. The Kier molecular flexibility index (Phi) is 21.0. The topological polar surface area (TPSA) is 114 Å². The Bertz CT molecular complexity index is 1210. The van der Waals surface area contributed by atoms with Crippen LogP contribution in [-0.2, 0) is 49.7 Å². The van der Waals surface area contributed by atoms with Crippen LogP contribution >= 0.6 is 0 Å². The summed E-state index contributed by atoms with van der Waals surface area (Å²) in [7, 11) is -15.9. The van der Waals surface area contributed by atoms with Crippen LogP contribution in [0.1, 0.15) is 0 Å². The molecule has 0 amide bonds. The monoisotopic (exact) mass is 947 g/mol. The Morgan fingerprint density at radius 1 is 0.491 bits per heavy atom. The molecule has 9 atom stereocenters. The fourth-order valence-electron chi connectivity index (χ4n) is 6.04. The van der Waals surface area contributed by atoms with Crippen molar-refractivity contribution in [1.82, 2.24) is 0 Å². The highest BCUT2D eigenvalue weighted by Crippen LogP contribution is 2.37. The molecule has 1 aliphatic heterocycles. The molecule has 1 aliphatic rings. The lowest BCUT2D eigenvalue weighted by molar-refractivity contribution is -0.316. The zero-order chi connectivity index (χ0) is 44.8. The van der Waals surface area contributed by atoms with Gasteiger partial charge in [-0.1, -0.05) is 5.16 Å². The van der Waals surface area contributed by atoms with E-state index in [2.05, 4.69) is 162 Å². The SMILES string of the molecule is CON=C[C@H](O[Si](C)(C)C)[C@@H](O[Si](C)(C)C)[C@H](O[C@@H]1O[C@H](CO[Si](C)(C)C)[C@@H](O[Si](C)(C)C)[C@H](O[Si](C)(C)C)[C@H]1O[Si](C)(C)C)[C@@H](CO[Si](C)(C)C)O[Si](C)(C)C. The van der Waals surface area contributed by atoms with E-state index >= 15 is 0 Å². The fraction of sp³-hybridized carbons (Fsp3) is 0.973. The van der Waals surface area contributed by atoms with Gasteiger partial charge in [0.1, 0.15) is 49.8 Å². The van der Waals surface area contributed by atoms with Crippen LogP contribution in [-0.4, -0.2) is 148 Å². The van der Waals surface area contributed by atoms with Crippen LogP contribution in [0, 0.1) is 0 Å². The first-order chi connectivity index (χ1) is 25.2. The highest BCUT2D eigenvalue weighted by molar-refractivity contribution is 6.72. The van der Waals surface area contributed by atoms with Crippen molar-refractivity contribution in [1.29, 1.82) is 0 Å². The zero-order valence-electron chi connectivity index (χ0n) is 41.1. The summed E-state index contributed by atoms with van der Waals surface area (Å²) in [5.74, 6) is 0. The standard InChI is InChI=1S/C37H89NO11Si8/c1-39-38-26-29(44-52(8,9)10)33(46-54(14,15)16)32(31(45-53(11,12)13)28-41-51(5,6)7)43-37-36(49-57(23,24)25)35(48-56(20,21)22)34(47-55(17,18)19)30(42-37)27-40-50(2,3)4/h26,29-37H,27-28H2,1-25H3/t29-,30+,31+,32+,33+,34+,35-,36+,37-/m0/s1. The molecular weight excluding hydrogens is 859 g/mol. The van der Waals surface area contributed by atoms with E-state index in [0.717, 1.165) is 0 Å². The summed E-state index contributed by atoms with van der Waals surface area (Å²) in [5, 5.41) is 4.28. The van der Waals surface area contributed by atoms with Gasteiger partial charge in [0.25, 0.3) is 0 Å². The van der Waals surface area contributed by atoms with Crippen LogP contribution in [0.15, 0.2) is 5.16 Å². The van der Waals surface area contributed by atoms with Crippen LogP contribution < -0.4 is 0 Å². The molecule has 340 valence electrons.